The molecule has 0 saturated heterocycles. The summed E-state index contributed by atoms with van der Waals surface area (Å²) in [5, 5.41) is 21.7. The molecule has 0 bridgehead atoms. The van der Waals surface area contributed by atoms with Gasteiger partial charge < -0.3 is 10.4 Å². The fraction of sp³-hybridized carbons (Fsp3) is 0.100. The fourth-order valence-corrected chi connectivity index (χ4v) is 2.73. The summed E-state index contributed by atoms with van der Waals surface area (Å²) in [5.41, 5.74) is 2.14. The Balaban J connectivity index is 1.84. The molecule has 6 nitrogen and oxygen atoms in total. The van der Waals surface area contributed by atoms with Gasteiger partial charge >= 0.3 is 5.97 Å². The Morgan fingerprint density at radius 2 is 1.96 bits per heavy atom. The number of rotatable bonds is 5. The van der Waals surface area contributed by atoms with Gasteiger partial charge in [-0.3, -0.25) is 9.78 Å². The van der Waals surface area contributed by atoms with Crippen LogP contribution in [0.1, 0.15) is 21.5 Å². The highest BCUT2D eigenvalue weighted by molar-refractivity contribution is 6.06. The van der Waals surface area contributed by atoms with Crippen molar-refractivity contribution >= 4 is 22.8 Å². The summed E-state index contributed by atoms with van der Waals surface area (Å²) in [5.74, 6) is -1.62. The molecular formula is C20H15N3O3. The lowest BCUT2D eigenvalue weighted by Gasteiger charge is -2.15. The number of hydrogen-bond donors (Lipinski definition) is 2. The molecular weight excluding hydrogens is 330 g/mol. The second kappa shape index (κ2) is 7.45. The number of carbonyl (C=O) groups is 2. The molecule has 1 heterocycles. The van der Waals surface area contributed by atoms with E-state index in [9.17, 15) is 14.7 Å². The molecule has 0 unspecified atom stereocenters. The van der Waals surface area contributed by atoms with Crippen molar-refractivity contribution in [2.75, 3.05) is 0 Å². The number of fused-ring (bicyclic) bond motifs is 1. The number of amides is 1. The van der Waals surface area contributed by atoms with Crippen molar-refractivity contribution in [2.24, 2.45) is 0 Å². The highest BCUT2D eigenvalue weighted by Gasteiger charge is 2.22. The Morgan fingerprint density at radius 1 is 1.15 bits per heavy atom. The van der Waals surface area contributed by atoms with E-state index in [1.165, 1.54) is 6.20 Å². The summed E-state index contributed by atoms with van der Waals surface area (Å²) in [7, 11) is 0. The summed E-state index contributed by atoms with van der Waals surface area (Å²) < 4.78 is 0. The van der Waals surface area contributed by atoms with E-state index in [4.69, 9.17) is 5.26 Å². The summed E-state index contributed by atoms with van der Waals surface area (Å²) in [6, 6.07) is 16.3. The number of aromatic nitrogens is 1. The van der Waals surface area contributed by atoms with Gasteiger partial charge in [0.15, 0.2) is 0 Å². The predicted molar refractivity (Wildman–Crippen MR) is 95.5 cm³/mol. The zero-order valence-corrected chi connectivity index (χ0v) is 13.7. The monoisotopic (exact) mass is 345 g/mol. The summed E-state index contributed by atoms with van der Waals surface area (Å²) >= 11 is 0. The Hall–Kier alpha value is -3.72. The molecule has 128 valence electrons. The molecule has 2 N–H and O–H groups in total. The van der Waals surface area contributed by atoms with Crippen molar-refractivity contribution < 1.29 is 14.7 Å². The van der Waals surface area contributed by atoms with E-state index in [0.29, 0.717) is 27.6 Å². The van der Waals surface area contributed by atoms with Gasteiger partial charge in [0, 0.05) is 18.0 Å². The third-order valence-corrected chi connectivity index (χ3v) is 3.99. The van der Waals surface area contributed by atoms with Crippen LogP contribution in [0.3, 0.4) is 0 Å². The third kappa shape index (κ3) is 3.68. The van der Waals surface area contributed by atoms with Crippen molar-refractivity contribution in [1.82, 2.24) is 10.3 Å². The number of hydrogen-bond acceptors (Lipinski definition) is 4. The minimum atomic E-state index is -1.14. The highest BCUT2D eigenvalue weighted by Crippen LogP contribution is 2.16. The Bertz CT molecular complexity index is 1020. The molecule has 26 heavy (non-hydrogen) atoms. The summed E-state index contributed by atoms with van der Waals surface area (Å²) in [6.07, 6.45) is 1.60. The SMILES string of the molecule is N#Cc1cccc(C[C@H](NC(=O)c2ccnc3ccccc23)C(=O)O)c1. The van der Waals surface area contributed by atoms with E-state index in [-0.39, 0.29) is 6.42 Å². The van der Waals surface area contributed by atoms with Crippen LogP contribution in [0.25, 0.3) is 10.9 Å². The number of aliphatic carboxylic acids is 1. The first-order chi connectivity index (χ1) is 12.6. The summed E-state index contributed by atoms with van der Waals surface area (Å²) in [6.45, 7) is 0. The lowest BCUT2D eigenvalue weighted by molar-refractivity contribution is -0.139. The molecule has 0 saturated carbocycles. The van der Waals surface area contributed by atoms with Gasteiger partial charge in [-0.05, 0) is 29.8 Å². The highest BCUT2D eigenvalue weighted by atomic mass is 16.4. The maximum Gasteiger partial charge on any atom is 0.326 e. The van der Waals surface area contributed by atoms with Gasteiger partial charge in [0.25, 0.3) is 5.91 Å². The maximum atomic E-state index is 12.6. The molecule has 2 aromatic carbocycles. The molecule has 0 radical (unpaired) electrons. The molecule has 0 spiro atoms. The fourth-order valence-electron chi connectivity index (χ4n) is 2.73. The van der Waals surface area contributed by atoms with Gasteiger partial charge in [-0.15, -0.1) is 0 Å². The minimum Gasteiger partial charge on any atom is -0.480 e. The van der Waals surface area contributed by atoms with Crippen molar-refractivity contribution in [3.05, 3.63) is 77.5 Å². The van der Waals surface area contributed by atoms with Gasteiger partial charge in [-0.25, -0.2) is 4.79 Å². The van der Waals surface area contributed by atoms with Crippen molar-refractivity contribution in [2.45, 2.75) is 12.5 Å². The molecule has 0 aliphatic rings. The second-order valence-corrected chi connectivity index (χ2v) is 5.76. The van der Waals surface area contributed by atoms with E-state index in [0.717, 1.165) is 0 Å². The average Bonchev–Trinajstić information content (AvgIpc) is 2.67. The molecule has 0 fully saturated rings. The smallest absolute Gasteiger partial charge is 0.326 e. The zero-order valence-electron chi connectivity index (χ0n) is 13.7. The van der Waals surface area contributed by atoms with Crippen LogP contribution in [0.15, 0.2) is 60.8 Å². The molecule has 1 amide bonds. The van der Waals surface area contributed by atoms with Crippen LogP contribution in [0.2, 0.25) is 0 Å². The normalized spacial score (nSPS) is 11.5. The first-order valence-electron chi connectivity index (χ1n) is 7.95. The number of nitriles is 1. The van der Waals surface area contributed by atoms with Gasteiger partial charge in [-0.2, -0.15) is 5.26 Å². The quantitative estimate of drug-likeness (QED) is 0.739. The van der Waals surface area contributed by atoms with E-state index >= 15 is 0 Å². The lowest BCUT2D eigenvalue weighted by atomic mass is 10.0. The molecule has 0 aliphatic heterocycles. The van der Waals surface area contributed by atoms with Gasteiger partial charge in [0.05, 0.1) is 22.7 Å². The number of nitrogens with one attached hydrogen (secondary N) is 1. The van der Waals surface area contributed by atoms with Crippen LogP contribution in [0.5, 0.6) is 0 Å². The average molecular weight is 345 g/mol. The molecule has 3 rings (SSSR count). The number of carbonyl (C=O) groups excluding carboxylic acids is 1. The molecule has 3 aromatic rings. The Kier molecular flexibility index (Phi) is 4.90. The third-order valence-electron chi connectivity index (χ3n) is 3.99. The number of nitrogens with zero attached hydrogens (tertiary/aromatic N) is 2. The van der Waals surface area contributed by atoms with Crippen LogP contribution in [0.4, 0.5) is 0 Å². The van der Waals surface area contributed by atoms with Crippen molar-refractivity contribution in [1.29, 1.82) is 5.26 Å². The lowest BCUT2D eigenvalue weighted by Crippen LogP contribution is -2.42. The largest absolute Gasteiger partial charge is 0.480 e. The molecule has 6 heteroatoms. The minimum absolute atomic E-state index is 0.0829. The summed E-state index contributed by atoms with van der Waals surface area (Å²) in [4.78, 5) is 28.4. The number of para-hydroxylation sites is 1. The van der Waals surface area contributed by atoms with Gasteiger partial charge in [0.2, 0.25) is 0 Å². The Labute approximate surface area is 149 Å². The van der Waals surface area contributed by atoms with Crippen molar-refractivity contribution in [3.8, 4) is 6.07 Å². The van der Waals surface area contributed by atoms with E-state index < -0.39 is 17.9 Å². The van der Waals surface area contributed by atoms with E-state index in [1.807, 2.05) is 12.1 Å². The number of carboxylic acids is 1. The van der Waals surface area contributed by atoms with Crippen LogP contribution in [-0.4, -0.2) is 28.0 Å². The first-order valence-corrected chi connectivity index (χ1v) is 7.95. The van der Waals surface area contributed by atoms with Gasteiger partial charge in [0.1, 0.15) is 6.04 Å². The molecule has 1 atom stereocenters. The zero-order chi connectivity index (χ0) is 18.5. The number of pyridine rings is 1. The van der Waals surface area contributed by atoms with Crippen LogP contribution < -0.4 is 5.32 Å². The first kappa shape index (κ1) is 17.1. The predicted octanol–water partition coefficient (Wildman–Crippen LogP) is 2.53. The topological polar surface area (TPSA) is 103 Å². The van der Waals surface area contributed by atoms with Gasteiger partial charge in [-0.1, -0.05) is 30.3 Å². The van der Waals surface area contributed by atoms with E-state index in [1.54, 1.807) is 48.5 Å². The second-order valence-electron chi connectivity index (χ2n) is 5.76. The number of carboxylic acid groups (broad SMARTS) is 1. The van der Waals surface area contributed by atoms with E-state index in [2.05, 4.69) is 10.3 Å². The van der Waals surface area contributed by atoms with Crippen LogP contribution >= 0.6 is 0 Å². The van der Waals surface area contributed by atoms with Crippen LogP contribution in [0, 0.1) is 11.3 Å². The standard InChI is InChI=1S/C20H15N3O3/c21-12-14-5-3-4-13(10-14)11-18(20(25)26)23-19(24)16-8-9-22-17-7-2-1-6-15(16)17/h1-10,18H,11H2,(H,23,24)(H,25,26)/t18-/m0/s1. The molecule has 1 aromatic heterocycles. The Morgan fingerprint density at radius 3 is 2.73 bits per heavy atom. The van der Waals surface area contributed by atoms with Crippen molar-refractivity contribution in [3.63, 3.8) is 0 Å². The van der Waals surface area contributed by atoms with Crippen LogP contribution in [-0.2, 0) is 11.2 Å². The molecule has 0 aliphatic carbocycles. The number of benzene rings is 2. The maximum absolute atomic E-state index is 12.6.